The predicted octanol–water partition coefficient (Wildman–Crippen LogP) is 2.51. The van der Waals surface area contributed by atoms with Gasteiger partial charge >= 0.3 is 0 Å². The van der Waals surface area contributed by atoms with E-state index < -0.39 is 0 Å². The lowest BCUT2D eigenvalue weighted by atomic mass is 10.3. The first-order valence-corrected chi connectivity index (χ1v) is 5.89. The maximum atomic E-state index is 5.64. The van der Waals surface area contributed by atoms with E-state index in [-0.39, 0.29) is 0 Å². The van der Waals surface area contributed by atoms with Crippen molar-refractivity contribution < 1.29 is 4.74 Å². The van der Waals surface area contributed by atoms with E-state index in [4.69, 9.17) is 4.74 Å². The van der Waals surface area contributed by atoms with Crippen molar-refractivity contribution in [3.8, 4) is 5.75 Å². The van der Waals surface area contributed by atoms with E-state index >= 15 is 0 Å². The van der Waals surface area contributed by atoms with Crippen LogP contribution in [0.2, 0.25) is 0 Å². The predicted molar refractivity (Wildman–Crippen MR) is 69.5 cm³/mol. The molecule has 18 heavy (non-hydrogen) atoms. The van der Waals surface area contributed by atoms with Crippen molar-refractivity contribution in [1.29, 1.82) is 0 Å². The van der Waals surface area contributed by atoms with E-state index in [9.17, 15) is 0 Å². The van der Waals surface area contributed by atoms with Gasteiger partial charge in [-0.3, -0.25) is 0 Å². The zero-order valence-electron chi connectivity index (χ0n) is 9.86. The van der Waals surface area contributed by atoms with Gasteiger partial charge in [-0.15, -0.1) is 5.10 Å². The van der Waals surface area contributed by atoms with Crippen LogP contribution in [0.15, 0.2) is 54.6 Å². The summed E-state index contributed by atoms with van der Waals surface area (Å²) in [5, 5.41) is 8.21. The molecule has 1 aromatic heterocycles. The van der Waals surface area contributed by atoms with Crippen molar-refractivity contribution >= 4 is 11.0 Å². The Morgan fingerprint density at radius 2 is 1.72 bits per heavy atom. The van der Waals surface area contributed by atoms with E-state index in [1.54, 1.807) is 0 Å². The van der Waals surface area contributed by atoms with Gasteiger partial charge < -0.3 is 4.74 Å². The minimum atomic E-state index is 0.581. The van der Waals surface area contributed by atoms with Crippen molar-refractivity contribution in [2.75, 3.05) is 6.61 Å². The van der Waals surface area contributed by atoms with Gasteiger partial charge in [-0.05, 0) is 24.3 Å². The first-order valence-electron chi connectivity index (χ1n) is 5.89. The molecule has 4 heteroatoms. The highest BCUT2D eigenvalue weighted by Crippen LogP contribution is 2.11. The summed E-state index contributed by atoms with van der Waals surface area (Å²) in [5.41, 5.74) is 1.95. The molecule has 0 spiro atoms. The average Bonchev–Trinajstić information content (AvgIpc) is 2.84. The van der Waals surface area contributed by atoms with Crippen LogP contribution in [-0.4, -0.2) is 21.6 Å². The molecule has 1 heterocycles. The number of fused-ring (bicyclic) bond motifs is 1. The van der Waals surface area contributed by atoms with Gasteiger partial charge in [0.15, 0.2) is 0 Å². The van der Waals surface area contributed by atoms with Crippen LogP contribution in [0.3, 0.4) is 0 Å². The van der Waals surface area contributed by atoms with Crippen molar-refractivity contribution in [1.82, 2.24) is 15.0 Å². The van der Waals surface area contributed by atoms with Gasteiger partial charge in [0.05, 0.1) is 12.1 Å². The normalized spacial score (nSPS) is 10.7. The molecule has 0 fully saturated rings. The molecule has 0 aliphatic heterocycles. The molecule has 90 valence electrons. The van der Waals surface area contributed by atoms with Crippen LogP contribution in [0.25, 0.3) is 11.0 Å². The third-order valence-electron chi connectivity index (χ3n) is 2.74. The van der Waals surface area contributed by atoms with E-state index in [1.807, 2.05) is 59.3 Å². The van der Waals surface area contributed by atoms with Crippen LogP contribution < -0.4 is 4.74 Å². The van der Waals surface area contributed by atoms with Crippen LogP contribution in [0.1, 0.15) is 0 Å². The Balaban J connectivity index is 1.67. The second-order valence-corrected chi connectivity index (χ2v) is 3.96. The molecule has 0 unspecified atom stereocenters. The summed E-state index contributed by atoms with van der Waals surface area (Å²) in [7, 11) is 0. The molecular weight excluding hydrogens is 226 g/mol. The van der Waals surface area contributed by atoms with Crippen molar-refractivity contribution in [2.45, 2.75) is 6.54 Å². The highest BCUT2D eigenvalue weighted by Gasteiger charge is 2.02. The Bertz CT molecular complexity index is 634. The topological polar surface area (TPSA) is 39.9 Å². The number of aromatic nitrogens is 3. The lowest BCUT2D eigenvalue weighted by Gasteiger charge is -2.05. The average molecular weight is 239 g/mol. The Morgan fingerprint density at radius 3 is 2.61 bits per heavy atom. The third-order valence-corrected chi connectivity index (χ3v) is 2.74. The summed E-state index contributed by atoms with van der Waals surface area (Å²) in [6, 6.07) is 17.7. The highest BCUT2D eigenvalue weighted by atomic mass is 16.5. The molecule has 0 N–H and O–H groups in total. The van der Waals surface area contributed by atoms with E-state index in [0.717, 1.165) is 16.8 Å². The SMILES string of the molecule is c1ccc(OCCn2nnc3ccccc32)cc1. The van der Waals surface area contributed by atoms with E-state index in [2.05, 4.69) is 10.3 Å². The molecule has 4 nitrogen and oxygen atoms in total. The number of nitrogens with zero attached hydrogens (tertiary/aromatic N) is 3. The van der Waals surface area contributed by atoms with Crippen molar-refractivity contribution in [2.24, 2.45) is 0 Å². The highest BCUT2D eigenvalue weighted by molar-refractivity contribution is 5.73. The summed E-state index contributed by atoms with van der Waals surface area (Å²) in [6.45, 7) is 1.27. The minimum absolute atomic E-state index is 0.581. The van der Waals surface area contributed by atoms with Crippen LogP contribution in [0.4, 0.5) is 0 Å². The quantitative estimate of drug-likeness (QED) is 0.702. The summed E-state index contributed by atoms with van der Waals surface area (Å²) in [4.78, 5) is 0. The fraction of sp³-hybridized carbons (Fsp3) is 0.143. The number of rotatable bonds is 4. The van der Waals surface area contributed by atoms with Gasteiger partial charge in [-0.2, -0.15) is 0 Å². The second kappa shape index (κ2) is 4.87. The fourth-order valence-electron chi connectivity index (χ4n) is 1.85. The second-order valence-electron chi connectivity index (χ2n) is 3.96. The van der Waals surface area contributed by atoms with Crippen molar-refractivity contribution in [3.05, 3.63) is 54.6 Å². The van der Waals surface area contributed by atoms with Gasteiger partial charge in [0.2, 0.25) is 0 Å². The monoisotopic (exact) mass is 239 g/mol. The van der Waals surface area contributed by atoms with E-state index in [1.165, 1.54) is 0 Å². The Labute approximate surface area is 105 Å². The van der Waals surface area contributed by atoms with Crippen LogP contribution >= 0.6 is 0 Å². The number of para-hydroxylation sites is 2. The standard InChI is InChI=1S/C14H13N3O/c1-2-6-12(7-3-1)18-11-10-17-14-9-5-4-8-13(14)15-16-17/h1-9H,10-11H2. The zero-order valence-corrected chi connectivity index (χ0v) is 9.86. The van der Waals surface area contributed by atoms with Crippen LogP contribution in [0.5, 0.6) is 5.75 Å². The first-order chi connectivity index (χ1) is 8.93. The number of benzene rings is 2. The number of hydrogen-bond acceptors (Lipinski definition) is 3. The van der Waals surface area contributed by atoms with Gasteiger partial charge in [0.25, 0.3) is 0 Å². The molecule has 0 saturated heterocycles. The molecular formula is C14H13N3O. The van der Waals surface area contributed by atoms with Gasteiger partial charge in [0, 0.05) is 0 Å². The summed E-state index contributed by atoms with van der Waals surface area (Å²) >= 11 is 0. The zero-order chi connectivity index (χ0) is 12.2. The molecule has 0 saturated carbocycles. The number of hydrogen-bond donors (Lipinski definition) is 0. The first kappa shape index (κ1) is 10.8. The summed E-state index contributed by atoms with van der Waals surface area (Å²) in [5.74, 6) is 0.877. The lowest BCUT2D eigenvalue weighted by molar-refractivity contribution is 0.292. The Morgan fingerprint density at radius 1 is 0.944 bits per heavy atom. The largest absolute Gasteiger partial charge is 0.492 e. The van der Waals surface area contributed by atoms with Crippen LogP contribution in [-0.2, 0) is 6.54 Å². The molecule has 0 radical (unpaired) electrons. The third kappa shape index (κ3) is 2.18. The minimum Gasteiger partial charge on any atom is -0.492 e. The molecule has 0 atom stereocenters. The number of ether oxygens (including phenoxy) is 1. The molecule has 3 rings (SSSR count). The van der Waals surface area contributed by atoms with Crippen molar-refractivity contribution in [3.63, 3.8) is 0 Å². The maximum absolute atomic E-state index is 5.64. The fourth-order valence-corrected chi connectivity index (χ4v) is 1.85. The molecule has 3 aromatic rings. The summed E-state index contributed by atoms with van der Waals surface area (Å²) in [6.07, 6.45) is 0. The maximum Gasteiger partial charge on any atom is 0.119 e. The van der Waals surface area contributed by atoms with Gasteiger partial charge in [-0.25, -0.2) is 4.68 Å². The Kier molecular flexibility index (Phi) is 2.92. The summed E-state index contributed by atoms with van der Waals surface area (Å²) < 4.78 is 7.50. The smallest absolute Gasteiger partial charge is 0.119 e. The van der Waals surface area contributed by atoms with Gasteiger partial charge in [-0.1, -0.05) is 35.5 Å². The molecule has 2 aromatic carbocycles. The van der Waals surface area contributed by atoms with E-state index in [0.29, 0.717) is 13.2 Å². The lowest BCUT2D eigenvalue weighted by Crippen LogP contribution is -2.09. The van der Waals surface area contributed by atoms with Gasteiger partial charge in [0.1, 0.15) is 17.9 Å². The van der Waals surface area contributed by atoms with Crippen LogP contribution in [0, 0.1) is 0 Å². The molecule has 0 bridgehead atoms. The molecule has 0 aliphatic carbocycles. The Hall–Kier alpha value is -2.36. The molecule has 0 amide bonds. The molecule has 0 aliphatic rings.